The summed E-state index contributed by atoms with van der Waals surface area (Å²) in [5, 5.41) is 23.3. The van der Waals surface area contributed by atoms with Gasteiger partial charge in [-0.2, -0.15) is 0 Å². The Bertz CT molecular complexity index is 1160. The number of carbonyl (C=O) groups excluding carboxylic acids is 2. The molecule has 4 rings (SSSR count). The molecule has 0 fully saturated rings. The molecular formula is C24H22N2O7. The fraction of sp³-hybridized carbons (Fsp3) is 0.208. The van der Waals surface area contributed by atoms with Crippen molar-refractivity contribution in [1.82, 2.24) is 5.32 Å². The van der Waals surface area contributed by atoms with E-state index in [1.165, 1.54) is 19.3 Å². The van der Waals surface area contributed by atoms with Crippen LogP contribution in [-0.4, -0.2) is 46.9 Å². The Hall–Kier alpha value is -4.11. The Morgan fingerprint density at radius 1 is 1.03 bits per heavy atom. The first-order valence-corrected chi connectivity index (χ1v) is 10.3. The number of hydrogen-bond acceptors (Lipinski definition) is 6. The minimum atomic E-state index is -1.54. The highest BCUT2D eigenvalue weighted by molar-refractivity contribution is 6.01. The predicted octanol–water partition coefficient (Wildman–Crippen LogP) is 3.20. The molecule has 0 aliphatic heterocycles. The number of aliphatic carboxylic acids is 1. The molecule has 33 heavy (non-hydrogen) atoms. The van der Waals surface area contributed by atoms with Crippen molar-refractivity contribution in [3.63, 3.8) is 0 Å². The Labute approximate surface area is 189 Å². The molecule has 0 radical (unpaired) electrons. The van der Waals surface area contributed by atoms with E-state index in [1.807, 2.05) is 48.5 Å². The largest absolute Gasteiger partial charge is 0.480 e. The van der Waals surface area contributed by atoms with E-state index in [0.29, 0.717) is 0 Å². The van der Waals surface area contributed by atoms with Gasteiger partial charge in [-0.3, -0.25) is 10.1 Å². The van der Waals surface area contributed by atoms with Gasteiger partial charge < -0.3 is 24.7 Å². The lowest BCUT2D eigenvalue weighted by Crippen LogP contribution is -2.47. The van der Waals surface area contributed by atoms with Crippen molar-refractivity contribution < 1.29 is 33.8 Å². The van der Waals surface area contributed by atoms with Crippen molar-refractivity contribution in [2.45, 2.75) is 25.0 Å². The molecule has 1 aliphatic carbocycles. The summed E-state index contributed by atoms with van der Waals surface area (Å²) < 4.78 is 10.5. The minimum absolute atomic E-state index is 0.0134. The molecular weight excluding hydrogens is 428 g/mol. The third-order valence-corrected chi connectivity index (χ3v) is 5.49. The molecule has 2 amide bonds. The lowest BCUT2D eigenvalue weighted by molar-refractivity contribution is -0.141. The summed E-state index contributed by atoms with van der Waals surface area (Å²) in [4.78, 5) is 36.1. The van der Waals surface area contributed by atoms with E-state index < -0.39 is 30.1 Å². The number of carbonyl (C=O) groups is 3. The number of fused-ring (bicyclic) bond motifs is 3. The smallest absolute Gasteiger partial charge is 0.411 e. The molecule has 0 unspecified atom stereocenters. The zero-order chi connectivity index (χ0) is 23.5. The molecule has 0 saturated carbocycles. The maximum Gasteiger partial charge on any atom is 0.411 e. The van der Waals surface area contributed by atoms with Gasteiger partial charge in [0.1, 0.15) is 6.61 Å². The van der Waals surface area contributed by atoms with E-state index in [1.54, 1.807) is 0 Å². The number of amides is 2. The Kier molecular flexibility index (Phi) is 6.14. The van der Waals surface area contributed by atoms with Gasteiger partial charge in [0, 0.05) is 12.0 Å². The van der Waals surface area contributed by atoms with Crippen LogP contribution in [-0.2, 0) is 9.53 Å². The second-order valence-corrected chi connectivity index (χ2v) is 7.64. The second-order valence-electron chi connectivity index (χ2n) is 7.64. The summed E-state index contributed by atoms with van der Waals surface area (Å²) in [6.07, 6.45) is -0.954. The van der Waals surface area contributed by atoms with Gasteiger partial charge in [0.05, 0.1) is 18.1 Å². The first-order valence-electron chi connectivity index (χ1n) is 10.3. The molecule has 0 bridgehead atoms. The van der Waals surface area contributed by atoms with Crippen LogP contribution in [0.25, 0.3) is 11.1 Å². The van der Waals surface area contributed by atoms with Gasteiger partial charge in [-0.15, -0.1) is 0 Å². The molecule has 2 aromatic carbocycles. The van der Waals surface area contributed by atoms with Crippen LogP contribution in [0, 0.1) is 0 Å². The van der Waals surface area contributed by atoms with Crippen LogP contribution in [0.2, 0.25) is 0 Å². The number of aliphatic hydroxyl groups is 1. The molecule has 1 aromatic heterocycles. The molecule has 170 valence electrons. The number of rotatable bonds is 7. The van der Waals surface area contributed by atoms with Crippen LogP contribution >= 0.6 is 0 Å². The Morgan fingerprint density at radius 2 is 1.64 bits per heavy atom. The predicted molar refractivity (Wildman–Crippen MR) is 118 cm³/mol. The van der Waals surface area contributed by atoms with E-state index in [4.69, 9.17) is 14.3 Å². The SMILES string of the molecule is C[C@@H](O)[C@H](NC(=O)c1occc1NC(=O)OCC1c2ccccc2-c2ccccc21)C(=O)O. The van der Waals surface area contributed by atoms with E-state index in [2.05, 4.69) is 10.6 Å². The van der Waals surface area contributed by atoms with Crippen molar-refractivity contribution in [2.75, 3.05) is 11.9 Å². The summed E-state index contributed by atoms with van der Waals surface area (Å²) >= 11 is 0. The van der Waals surface area contributed by atoms with Gasteiger partial charge in [-0.1, -0.05) is 48.5 Å². The maximum atomic E-state index is 12.5. The lowest BCUT2D eigenvalue weighted by atomic mass is 9.98. The van der Waals surface area contributed by atoms with Gasteiger partial charge in [0.25, 0.3) is 5.91 Å². The number of aliphatic hydroxyl groups excluding tert-OH is 1. The van der Waals surface area contributed by atoms with Crippen molar-refractivity contribution in [2.24, 2.45) is 0 Å². The van der Waals surface area contributed by atoms with E-state index in [-0.39, 0.29) is 24.0 Å². The van der Waals surface area contributed by atoms with Gasteiger partial charge in [0.2, 0.25) is 5.76 Å². The van der Waals surface area contributed by atoms with Crippen LogP contribution in [0.1, 0.15) is 34.5 Å². The minimum Gasteiger partial charge on any atom is -0.480 e. The number of carboxylic acid groups (broad SMARTS) is 1. The van der Waals surface area contributed by atoms with Gasteiger partial charge in [-0.05, 0) is 29.2 Å². The van der Waals surface area contributed by atoms with Crippen LogP contribution < -0.4 is 10.6 Å². The summed E-state index contributed by atoms with van der Waals surface area (Å²) in [6.45, 7) is 1.32. The molecule has 1 aliphatic rings. The van der Waals surface area contributed by atoms with Crippen LogP contribution in [0.3, 0.4) is 0 Å². The van der Waals surface area contributed by atoms with Crippen LogP contribution in [0.4, 0.5) is 10.5 Å². The van der Waals surface area contributed by atoms with Gasteiger partial charge >= 0.3 is 12.1 Å². The van der Waals surface area contributed by atoms with Crippen LogP contribution in [0.5, 0.6) is 0 Å². The lowest BCUT2D eigenvalue weighted by Gasteiger charge is -2.17. The topological polar surface area (TPSA) is 138 Å². The number of benzene rings is 2. The highest BCUT2D eigenvalue weighted by Gasteiger charge is 2.30. The third kappa shape index (κ3) is 4.44. The number of hydrogen-bond donors (Lipinski definition) is 4. The zero-order valence-corrected chi connectivity index (χ0v) is 17.6. The Morgan fingerprint density at radius 3 is 2.21 bits per heavy atom. The molecule has 0 saturated heterocycles. The number of anilines is 1. The number of nitrogens with one attached hydrogen (secondary N) is 2. The van der Waals surface area contributed by atoms with Crippen molar-refractivity contribution in [3.05, 3.63) is 77.7 Å². The molecule has 1 heterocycles. The van der Waals surface area contributed by atoms with Crippen LogP contribution in [0.15, 0.2) is 65.3 Å². The maximum absolute atomic E-state index is 12.5. The fourth-order valence-corrected chi connectivity index (χ4v) is 3.92. The number of furan rings is 1. The van der Waals surface area contributed by atoms with Crippen molar-refractivity contribution in [3.8, 4) is 11.1 Å². The molecule has 3 aromatic rings. The van der Waals surface area contributed by atoms with Gasteiger partial charge in [-0.25, -0.2) is 9.59 Å². The first kappa shape index (κ1) is 22.1. The first-order chi connectivity index (χ1) is 15.9. The third-order valence-electron chi connectivity index (χ3n) is 5.49. The standard InChI is InChI=1S/C24H22N2O7/c1-13(27)20(23(29)30)26-22(28)21-19(10-11-32-21)25-24(31)33-12-18-16-8-4-2-6-14(16)15-7-3-5-9-17(15)18/h2-11,13,18,20,27H,12H2,1H3,(H,25,31)(H,26,28)(H,29,30)/t13-,20+/m1/s1. The summed E-state index contributed by atoms with van der Waals surface area (Å²) in [7, 11) is 0. The molecule has 2 atom stereocenters. The zero-order valence-electron chi connectivity index (χ0n) is 17.6. The molecule has 9 nitrogen and oxygen atoms in total. The Balaban J connectivity index is 1.43. The second kappa shape index (κ2) is 9.17. The summed E-state index contributed by atoms with van der Waals surface area (Å²) in [5.74, 6) is -2.74. The highest BCUT2D eigenvalue weighted by atomic mass is 16.5. The van der Waals surface area contributed by atoms with E-state index in [0.717, 1.165) is 22.3 Å². The summed E-state index contributed by atoms with van der Waals surface area (Å²) in [6, 6.07) is 15.7. The number of ether oxygens (including phenoxy) is 1. The average molecular weight is 450 g/mol. The highest BCUT2D eigenvalue weighted by Crippen LogP contribution is 2.44. The van der Waals surface area contributed by atoms with Gasteiger partial charge in [0.15, 0.2) is 6.04 Å². The van der Waals surface area contributed by atoms with Crippen molar-refractivity contribution in [1.29, 1.82) is 0 Å². The quantitative estimate of drug-likeness (QED) is 0.434. The average Bonchev–Trinajstić information content (AvgIpc) is 3.38. The van der Waals surface area contributed by atoms with E-state index in [9.17, 15) is 19.5 Å². The molecule has 0 spiro atoms. The van der Waals surface area contributed by atoms with E-state index >= 15 is 0 Å². The summed E-state index contributed by atoms with van der Waals surface area (Å²) in [5.41, 5.74) is 4.34. The normalized spacial score (nSPS) is 14.0. The number of carboxylic acids is 1. The molecule has 9 heteroatoms. The monoisotopic (exact) mass is 450 g/mol. The fourth-order valence-electron chi connectivity index (χ4n) is 3.92. The van der Waals surface area contributed by atoms with Crippen molar-refractivity contribution >= 4 is 23.7 Å². The molecule has 4 N–H and O–H groups in total.